The average Bonchev–Trinajstić information content (AvgIpc) is 3.10. The van der Waals surface area contributed by atoms with Gasteiger partial charge in [-0.05, 0) is 68.1 Å². The number of carbonyl (C=O) groups excluding carboxylic acids is 1. The molecule has 1 amide bonds. The number of halogens is 3. The Morgan fingerprint density at radius 2 is 1.70 bits per heavy atom. The molecule has 1 fully saturated rings. The van der Waals surface area contributed by atoms with Crippen LogP contribution in [0, 0.1) is 22.7 Å². The van der Waals surface area contributed by atoms with E-state index < -0.39 is 28.8 Å². The van der Waals surface area contributed by atoms with E-state index in [2.05, 4.69) is 6.58 Å². The second-order valence-electron chi connectivity index (χ2n) is 7.97. The largest absolute Gasteiger partial charge is 0.508 e. The first-order valence-electron chi connectivity index (χ1n) is 10.7. The molecule has 10 heteroatoms. The minimum atomic E-state index is -4.77. The van der Waals surface area contributed by atoms with Crippen LogP contribution in [-0.2, 0) is 15.7 Å². The quantitative estimate of drug-likeness (QED) is 0.499. The summed E-state index contributed by atoms with van der Waals surface area (Å²) < 4.78 is 50.9. The lowest BCUT2D eigenvalue weighted by atomic mass is 10.0. The van der Waals surface area contributed by atoms with Crippen LogP contribution in [0.25, 0.3) is 0 Å². The summed E-state index contributed by atoms with van der Waals surface area (Å²) in [6.45, 7) is 4.80. The zero-order valence-corrected chi connectivity index (χ0v) is 19.5. The highest BCUT2D eigenvalue weighted by Gasteiger charge is 2.49. The number of amides is 1. The number of aromatic hydroxyl groups is 1. The summed E-state index contributed by atoms with van der Waals surface area (Å²) in [4.78, 5) is 13.9. The third-order valence-corrected chi connectivity index (χ3v) is 5.19. The molecule has 0 spiro atoms. The highest BCUT2D eigenvalue weighted by Crippen LogP contribution is 2.39. The Balaban J connectivity index is 0.000000468. The molecule has 0 aromatic heterocycles. The third-order valence-electron chi connectivity index (χ3n) is 5.19. The lowest BCUT2D eigenvalue weighted by molar-refractivity contribution is -0.138. The van der Waals surface area contributed by atoms with Crippen molar-refractivity contribution in [3.05, 3.63) is 102 Å². The minimum Gasteiger partial charge on any atom is -0.508 e. The molecule has 0 saturated carbocycles. The van der Waals surface area contributed by atoms with Gasteiger partial charge in [0.1, 0.15) is 18.1 Å². The van der Waals surface area contributed by atoms with Gasteiger partial charge >= 0.3 is 6.18 Å². The maximum atomic E-state index is 13.3. The van der Waals surface area contributed by atoms with Gasteiger partial charge in [-0.1, -0.05) is 18.2 Å². The van der Waals surface area contributed by atoms with Crippen LogP contribution in [0.15, 0.2) is 85.3 Å². The molecule has 3 aromatic rings. The van der Waals surface area contributed by atoms with Crippen molar-refractivity contribution < 1.29 is 32.5 Å². The number of alkyl halides is 3. The first-order valence-corrected chi connectivity index (χ1v) is 10.7. The Kier molecular flexibility index (Phi) is 7.74. The van der Waals surface area contributed by atoms with Gasteiger partial charge in [-0.2, -0.15) is 23.7 Å². The van der Waals surface area contributed by atoms with E-state index in [1.165, 1.54) is 31.2 Å². The number of rotatable bonds is 4. The highest BCUT2D eigenvalue weighted by atomic mass is 19.4. The van der Waals surface area contributed by atoms with Gasteiger partial charge in [-0.3, -0.25) is 4.79 Å². The van der Waals surface area contributed by atoms with Crippen LogP contribution in [0.1, 0.15) is 23.6 Å². The monoisotopic (exact) mass is 507 g/mol. The van der Waals surface area contributed by atoms with Crippen molar-refractivity contribution in [1.82, 2.24) is 0 Å². The van der Waals surface area contributed by atoms with Crippen molar-refractivity contribution in [3.63, 3.8) is 0 Å². The zero-order chi connectivity index (χ0) is 27.2. The molecule has 1 N–H and O–H groups in total. The molecule has 1 aliphatic heterocycles. The Labute approximate surface area is 210 Å². The van der Waals surface area contributed by atoms with E-state index in [0.29, 0.717) is 23.1 Å². The van der Waals surface area contributed by atoms with Crippen LogP contribution in [-0.4, -0.2) is 23.2 Å². The molecule has 3 aromatic carbocycles. The van der Waals surface area contributed by atoms with Crippen molar-refractivity contribution in [1.29, 1.82) is 10.5 Å². The molecule has 1 unspecified atom stereocenters. The third kappa shape index (κ3) is 6.19. The molecule has 1 saturated heterocycles. The minimum absolute atomic E-state index is 0.126. The molecule has 1 aliphatic rings. The summed E-state index contributed by atoms with van der Waals surface area (Å²) in [6.07, 6.45) is -4.77. The normalized spacial score (nSPS) is 16.6. The van der Waals surface area contributed by atoms with Crippen LogP contribution in [0.5, 0.6) is 11.5 Å². The first-order chi connectivity index (χ1) is 17.5. The maximum Gasteiger partial charge on any atom is 0.417 e. The number of benzene rings is 3. The number of phenolic OH excluding ortho intramolecular Hbond substituents is 1. The summed E-state index contributed by atoms with van der Waals surface area (Å²) in [5.74, 6) is -0.126. The predicted octanol–water partition coefficient (Wildman–Crippen LogP) is 5.51. The predicted molar refractivity (Wildman–Crippen MR) is 127 cm³/mol. The molecule has 37 heavy (non-hydrogen) atoms. The van der Waals surface area contributed by atoms with Gasteiger partial charge in [-0.15, -0.1) is 0 Å². The average molecular weight is 507 g/mol. The van der Waals surface area contributed by atoms with Gasteiger partial charge in [-0.25, -0.2) is 4.90 Å². The summed E-state index contributed by atoms with van der Waals surface area (Å²) in [7, 11) is 0. The number of anilines is 1. The molecular weight excluding hydrogens is 487 g/mol. The van der Waals surface area contributed by atoms with Crippen molar-refractivity contribution in [2.45, 2.75) is 18.7 Å². The van der Waals surface area contributed by atoms with Gasteiger partial charge in [0.05, 0.1) is 34.5 Å². The number of hydrogen-bond acceptors (Lipinski definition) is 6. The van der Waals surface area contributed by atoms with E-state index in [1.807, 2.05) is 12.1 Å². The molecule has 0 radical (unpaired) electrons. The fourth-order valence-corrected chi connectivity index (χ4v) is 3.33. The van der Waals surface area contributed by atoms with E-state index in [0.717, 1.165) is 11.0 Å². The molecule has 1 heterocycles. The molecule has 188 valence electrons. The summed E-state index contributed by atoms with van der Waals surface area (Å²) >= 11 is 0. The molecule has 4 rings (SSSR count). The van der Waals surface area contributed by atoms with Gasteiger partial charge in [0.25, 0.3) is 5.91 Å². The van der Waals surface area contributed by atoms with E-state index in [4.69, 9.17) is 25.1 Å². The van der Waals surface area contributed by atoms with Crippen molar-refractivity contribution in [2.24, 2.45) is 0 Å². The molecule has 0 aliphatic carbocycles. The lowest BCUT2D eigenvalue weighted by Crippen LogP contribution is -2.43. The van der Waals surface area contributed by atoms with Crippen LogP contribution in [0.4, 0.5) is 18.9 Å². The topological polar surface area (TPSA) is 107 Å². The van der Waals surface area contributed by atoms with Gasteiger partial charge < -0.3 is 14.6 Å². The summed E-state index contributed by atoms with van der Waals surface area (Å²) in [6, 6.07) is 21.2. The van der Waals surface area contributed by atoms with E-state index >= 15 is 0 Å². The smallest absolute Gasteiger partial charge is 0.417 e. The van der Waals surface area contributed by atoms with Gasteiger partial charge in [0.2, 0.25) is 5.60 Å². The maximum absolute atomic E-state index is 13.3. The van der Waals surface area contributed by atoms with Crippen LogP contribution in [0.2, 0.25) is 0 Å². The van der Waals surface area contributed by atoms with E-state index in [9.17, 15) is 18.0 Å². The fraction of sp³-hybridized carbons (Fsp3) is 0.148. The SMILES string of the molecule is C=C1OC(C)(COc2ccc(C#N)cc2)C(=O)N1c1ccc(C#N)c(C(F)(F)F)c1.Oc1ccccc1. The van der Waals surface area contributed by atoms with Crippen molar-refractivity contribution in [2.75, 3.05) is 11.5 Å². The zero-order valence-electron chi connectivity index (χ0n) is 19.5. The number of nitrogens with zero attached hydrogens (tertiary/aromatic N) is 3. The first kappa shape index (κ1) is 26.6. The Morgan fingerprint density at radius 3 is 2.22 bits per heavy atom. The van der Waals surface area contributed by atoms with E-state index in [-0.39, 0.29) is 18.2 Å². The molecule has 1 atom stereocenters. The second-order valence-corrected chi connectivity index (χ2v) is 7.97. The van der Waals surface area contributed by atoms with Crippen molar-refractivity contribution >= 4 is 11.6 Å². The van der Waals surface area contributed by atoms with Gasteiger partial charge in [0.15, 0.2) is 5.88 Å². The van der Waals surface area contributed by atoms with Crippen LogP contribution >= 0.6 is 0 Å². The number of carbonyl (C=O) groups is 1. The Hall–Kier alpha value is -4.96. The van der Waals surface area contributed by atoms with Crippen LogP contribution < -0.4 is 9.64 Å². The lowest BCUT2D eigenvalue weighted by Gasteiger charge is -2.21. The number of nitriles is 2. The Morgan fingerprint density at radius 1 is 1.05 bits per heavy atom. The second kappa shape index (κ2) is 10.8. The molecule has 7 nitrogen and oxygen atoms in total. The number of para-hydroxylation sites is 1. The summed E-state index contributed by atoms with van der Waals surface area (Å²) in [5, 5.41) is 26.4. The van der Waals surface area contributed by atoms with E-state index in [1.54, 1.807) is 36.4 Å². The highest BCUT2D eigenvalue weighted by molar-refractivity contribution is 6.04. The fourth-order valence-electron chi connectivity index (χ4n) is 3.33. The standard InChI is InChI=1S/C21H14F3N3O3.C6H6O/c1-13-27(16-6-5-15(11-26)18(9-16)21(22,23)24)19(28)20(2,30-13)12-29-17-7-3-14(10-25)4-8-17;7-6-4-2-1-3-5-6/h3-9H,1,12H2,2H3;1-5,7H. The molecular formula is C27H20F3N3O4. The number of ether oxygens (including phenoxy) is 2. The van der Waals surface area contributed by atoms with Crippen LogP contribution in [0.3, 0.4) is 0 Å². The number of hydrogen-bond donors (Lipinski definition) is 1. The van der Waals surface area contributed by atoms with Crippen molar-refractivity contribution in [3.8, 4) is 23.6 Å². The van der Waals surface area contributed by atoms with Gasteiger partial charge in [0, 0.05) is 0 Å². The Bertz CT molecular complexity index is 1380. The summed E-state index contributed by atoms with van der Waals surface area (Å²) in [5.41, 5.74) is -2.94. The molecule has 0 bridgehead atoms. The number of phenols is 1.